The van der Waals surface area contributed by atoms with E-state index >= 15 is 0 Å². The molecule has 0 bridgehead atoms. The molecule has 0 spiro atoms. The molecule has 140 valence electrons. The summed E-state index contributed by atoms with van der Waals surface area (Å²) in [6.07, 6.45) is 3.06. The number of nitrogens with two attached hydrogens (primary N) is 1. The normalized spacial score (nSPS) is 16.0. The van der Waals surface area contributed by atoms with Gasteiger partial charge in [-0.15, -0.1) is 0 Å². The van der Waals surface area contributed by atoms with E-state index < -0.39 is 0 Å². The number of H-pyrrole nitrogens is 1. The van der Waals surface area contributed by atoms with Gasteiger partial charge in [0.1, 0.15) is 24.1 Å². The van der Waals surface area contributed by atoms with Crippen molar-refractivity contribution in [2.24, 2.45) is 0 Å². The average Bonchev–Trinajstić information content (AvgIpc) is 3.34. The van der Waals surface area contributed by atoms with Crippen LogP contribution in [0.15, 0.2) is 30.6 Å². The molecule has 0 saturated carbocycles. The molecule has 3 aromatic rings. The number of carbonyl (C=O) groups is 2. The first-order valence-corrected chi connectivity index (χ1v) is 9.01. The van der Waals surface area contributed by atoms with Crippen LogP contribution in [0.4, 0.5) is 5.82 Å². The van der Waals surface area contributed by atoms with Gasteiger partial charge >= 0.3 is 0 Å². The Balaban J connectivity index is 1.82. The molecule has 3 heterocycles. The molecule has 1 aliphatic rings. The summed E-state index contributed by atoms with van der Waals surface area (Å²) in [5.74, 6) is 5.62. The third-order valence-corrected chi connectivity index (χ3v) is 5.10. The summed E-state index contributed by atoms with van der Waals surface area (Å²) in [7, 11) is 0. The number of benzene rings is 1. The third kappa shape index (κ3) is 2.99. The van der Waals surface area contributed by atoms with Gasteiger partial charge in [-0.3, -0.25) is 9.59 Å². The number of rotatable bonds is 3. The number of aromatic nitrogens is 3. The number of likely N-dealkylation sites (tertiary alicyclic amines) is 1. The number of nitrogens with zero attached hydrogens (tertiary/aromatic N) is 3. The van der Waals surface area contributed by atoms with Crippen molar-refractivity contribution in [3.63, 3.8) is 0 Å². The van der Waals surface area contributed by atoms with Crippen LogP contribution in [0.2, 0.25) is 0 Å². The standard InChI is InChI=1S/C21H19N5O2/c1-2-3-16(28)26-9-8-15(10-26)19-17(14-6-4-13(11-27)5-7-14)18-20(22)23-12-24-21(18)25-19/h4-7,11-12,15H,8-10H2,1H3,(H3,22,23,24,25). The number of hydrogen-bond donors (Lipinski definition) is 2. The molecule has 1 aliphatic heterocycles. The predicted molar refractivity (Wildman–Crippen MR) is 107 cm³/mol. The lowest BCUT2D eigenvalue weighted by Crippen LogP contribution is -2.27. The molecule has 1 amide bonds. The summed E-state index contributed by atoms with van der Waals surface area (Å²) in [5, 5.41) is 0.759. The summed E-state index contributed by atoms with van der Waals surface area (Å²) >= 11 is 0. The van der Waals surface area contributed by atoms with Crippen molar-refractivity contribution in [1.29, 1.82) is 0 Å². The fraction of sp³-hybridized carbons (Fsp3) is 0.238. The lowest BCUT2D eigenvalue weighted by atomic mass is 9.94. The number of aromatic amines is 1. The van der Waals surface area contributed by atoms with E-state index in [9.17, 15) is 9.59 Å². The molecule has 1 aromatic carbocycles. The lowest BCUT2D eigenvalue weighted by molar-refractivity contribution is -0.124. The van der Waals surface area contributed by atoms with E-state index in [0.29, 0.717) is 30.1 Å². The quantitative estimate of drug-likeness (QED) is 0.542. The lowest BCUT2D eigenvalue weighted by Gasteiger charge is -2.14. The molecule has 2 aromatic heterocycles. The van der Waals surface area contributed by atoms with E-state index in [4.69, 9.17) is 5.73 Å². The Bertz CT molecular complexity index is 1120. The molecule has 0 aliphatic carbocycles. The monoisotopic (exact) mass is 373 g/mol. The number of nitrogen functional groups attached to an aromatic ring is 1. The Hall–Kier alpha value is -3.66. The van der Waals surface area contributed by atoms with Crippen LogP contribution in [0.3, 0.4) is 0 Å². The number of aldehydes is 1. The molecular formula is C21H19N5O2. The van der Waals surface area contributed by atoms with Gasteiger partial charge in [0.2, 0.25) is 0 Å². The molecule has 1 unspecified atom stereocenters. The number of fused-ring (bicyclic) bond motifs is 1. The SMILES string of the molecule is CC#CC(=O)N1CCC(c2[nH]c3ncnc(N)c3c2-c2ccc(C=O)cc2)C1. The van der Waals surface area contributed by atoms with Gasteiger partial charge in [0.15, 0.2) is 0 Å². The Morgan fingerprint density at radius 1 is 1.32 bits per heavy atom. The minimum Gasteiger partial charge on any atom is -0.383 e. The van der Waals surface area contributed by atoms with Crippen molar-refractivity contribution in [2.75, 3.05) is 18.8 Å². The highest BCUT2D eigenvalue weighted by atomic mass is 16.2. The van der Waals surface area contributed by atoms with E-state index in [1.807, 2.05) is 12.1 Å². The van der Waals surface area contributed by atoms with Gasteiger partial charge in [0.05, 0.1) is 5.39 Å². The Morgan fingerprint density at radius 3 is 2.82 bits per heavy atom. The fourth-order valence-corrected chi connectivity index (χ4v) is 3.77. The van der Waals surface area contributed by atoms with Crippen LogP contribution in [0.1, 0.15) is 35.3 Å². The minimum absolute atomic E-state index is 0.108. The highest BCUT2D eigenvalue weighted by molar-refractivity contribution is 6.02. The van der Waals surface area contributed by atoms with Gasteiger partial charge in [-0.25, -0.2) is 9.97 Å². The van der Waals surface area contributed by atoms with Crippen LogP contribution in [-0.2, 0) is 4.79 Å². The first kappa shape index (κ1) is 17.7. The molecular weight excluding hydrogens is 354 g/mol. The molecule has 7 nitrogen and oxygen atoms in total. The topological polar surface area (TPSA) is 105 Å². The number of nitrogens with one attached hydrogen (secondary N) is 1. The maximum atomic E-state index is 12.1. The number of carbonyl (C=O) groups excluding carboxylic acids is 2. The number of hydrogen-bond acceptors (Lipinski definition) is 5. The first-order valence-electron chi connectivity index (χ1n) is 9.01. The zero-order valence-corrected chi connectivity index (χ0v) is 15.4. The van der Waals surface area contributed by atoms with Gasteiger partial charge in [-0.2, -0.15) is 0 Å². The summed E-state index contributed by atoms with van der Waals surface area (Å²) in [5.41, 5.74) is 10.2. The maximum Gasteiger partial charge on any atom is 0.298 e. The van der Waals surface area contributed by atoms with E-state index in [2.05, 4.69) is 26.8 Å². The van der Waals surface area contributed by atoms with Crippen LogP contribution in [0, 0.1) is 11.8 Å². The second-order valence-corrected chi connectivity index (χ2v) is 6.75. The molecule has 4 rings (SSSR count). The second kappa shape index (κ2) is 7.16. The molecule has 0 radical (unpaired) electrons. The third-order valence-electron chi connectivity index (χ3n) is 5.10. The minimum atomic E-state index is -0.155. The van der Waals surface area contributed by atoms with Crippen molar-refractivity contribution < 1.29 is 9.59 Å². The number of anilines is 1. The molecule has 1 atom stereocenters. The number of amides is 1. The van der Waals surface area contributed by atoms with Crippen molar-refractivity contribution in [2.45, 2.75) is 19.3 Å². The van der Waals surface area contributed by atoms with Gasteiger partial charge in [-0.1, -0.05) is 30.2 Å². The van der Waals surface area contributed by atoms with E-state index in [1.54, 1.807) is 24.0 Å². The summed E-state index contributed by atoms with van der Waals surface area (Å²) < 4.78 is 0. The largest absolute Gasteiger partial charge is 0.383 e. The summed E-state index contributed by atoms with van der Waals surface area (Å²) in [4.78, 5) is 36.8. The highest BCUT2D eigenvalue weighted by Gasteiger charge is 2.31. The van der Waals surface area contributed by atoms with E-state index in [1.165, 1.54) is 6.33 Å². The van der Waals surface area contributed by atoms with Crippen LogP contribution in [-0.4, -0.2) is 45.1 Å². The Morgan fingerprint density at radius 2 is 2.11 bits per heavy atom. The van der Waals surface area contributed by atoms with Crippen LogP contribution < -0.4 is 5.73 Å². The van der Waals surface area contributed by atoms with Crippen molar-refractivity contribution in [3.05, 3.63) is 41.9 Å². The molecule has 7 heteroatoms. The van der Waals surface area contributed by atoms with Crippen LogP contribution in [0.25, 0.3) is 22.2 Å². The molecule has 1 fully saturated rings. The highest BCUT2D eigenvalue weighted by Crippen LogP contribution is 2.40. The van der Waals surface area contributed by atoms with Crippen molar-refractivity contribution in [1.82, 2.24) is 19.9 Å². The van der Waals surface area contributed by atoms with Gasteiger partial charge in [0.25, 0.3) is 5.91 Å². The van der Waals surface area contributed by atoms with Crippen LogP contribution >= 0.6 is 0 Å². The Kier molecular flexibility index (Phi) is 4.53. The van der Waals surface area contributed by atoms with E-state index in [-0.39, 0.29) is 11.8 Å². The fourth-order valence-electron chi connectivity index (χ4n) is 3.77. The molecule has 3 N–H and O–H groups in total. The smallest absolute Gasteiger partial charge is 0.298 e. The molecule has 28 heavy (non-hydrogen) atoms. The van der Waals surface area contributed by atoms with Gasteiger partial charge < -0.3 is 15.6 Å². The van der Waals surface area contributed by atoms with Gasteiger partial charge in [0, 0.05) is 35.8 Å². The Labute approximate surface area is 162 Å². The van der Waals surface area contributed by atoms with Crippen molar-refractivity contribution >= 4 is 29.0 Å². The van der Waals surface area contributed by atoms with Crippen molar-refractivity contribution in [3.8, 4) is 23.0 Å². The predicted octanol–water partition coefficient (Wildman–Crippen LogP) is 2.36. The first-order chi connectivity index (χ1) is 13.6. The molecule has 1 saturated heterocycles. The zero-order chi connectivity index (χ0) is 19.7. The summed E-state index contributed by atoms with van der Waals surface area (Å²) in [6.45, 7) is 2.89. The maximum absolute atomic E-state index is 12.1. The van der Waals surface area contributed by atoms with Gasteiger partial charge in [-0.05, 0) is 24.8 Å². The van der Waals surface area contributed by atoms with E-state index in [0.717, 1.165) is 34.9 Å². The summed E-state index contributed by atoms with van der Waals surface area (Å²) in [6, 6.07) is 7.32. The van der Waals surface area contributed by atoms with Crippen LogP contribution in [0.5, 0.6) is 0 Å². The zero-order valence-electron chi connectivity index (χ0n) is 15.4. The average molecular weight is 373 g/mol. The second-order valence-electron chi connectivity index (χ2n) is 6.75.